The molecule has 0 atom stereocenters. The van der Waals surface area contributed by atoms with Crippen molar-refractivity contribution in [2.24, 2.45) is 0 Å². The van der Waals surface area contributed by atoms with E-state index >= 15 is 0 Å². The minimum absolute atomic E-state index is 0.0449. The van der Waals surface area contributed by atoms with Crippen molar-refractivity contribution in [2.75, 3.05) is 16.6 Å². The molecule has 0 fully saturated rings. The van der Waals surface area contributed by atoms with E-state index in [0.29, 0.717) is 23.7 Å². The predicted molar refractivity (Wildman–Crippen MR) is 101 cm³/mol. The molecule has 27 heavy (non-hydrogen) atoms. The van der Waals surface area contributed by atoms with Crippen LogP contribution in [0.5, 0.6) is 5.75 Å². The number of hydrogen-bond donors (Lipinski definition) is 2. The minimum Gasteiger partial charge on any atom is -0.492 e. The largest absolute Gasteiger partial charge is 0.492 e. The van der Waals surface area contributed by atoms with Gasteiger partial charge in [-0.1, -0.05) is 0 Å². The monoisotopic (exact) mass is 385 g/mol. The summed E-state index contributed by atoms with van der Waals surface area (Å²) in [4.78, 5) is 12.0. The van der Waals surface area contributed by atoms with E-state index in [4.69, 9.17) is 4.74 Å². The van der Waals surface area contributed by atoms with Gasteiger partial charge in [0.1, 0.15) is 11.8 Å². The number of anilines is 2. The first-order valence-corrected chi connectivity index (χ1v) is 9.83. The zero-order valence-electron chi connectivity index (χ0n) is 15.2. The van der Waals surface area contributed by atoms with Gasteiger partial charge in [-0.3, -0.25) is 9.52 Å². The zero-order valence-corrected chi connectivity index (χ0v) is 16.0. The summed E-state index contributed by atoms with van der Waals surface area (Å²) < 4.78 is 33.3. The first kappa shape index (κ1) is 18.7. The highest BCUT2D eigenvalue weighted by atomic mass is 32.2. The molecule has 8 heteroatoms. The Morgan fingerprint density at radius 3 is 2.63 bits per heavy atom. The number of rotatable bonds is 5. The molecular weight excluding hydrogens is 366 g/mol. The van der Waals surface area contributed by atoms with Crippen LogP contribution >= 0.6 is 0 Å². The minimum atomic E-state index is -3.91. The highest BCUT2D eigenvalue weighted by molar-refractivity contribution is 7.92. The van der Waals surface area contributed by atoms with Crippen molar-refractivity contribution in [2.45, 2.75) is 31.1 Å². The molecule has 1 aliphatic rings. The third-order valence-electron chi connectivity index (χ3n) is 4.44. The van der Waals surface area contributed by atoms with Crippen LogP contribution in [0, 0.1) is 11.3 Å². The van der Waals surface area contributed by atoms with Gasteiger partial charge in [-0.05, 0) is 62.7 Å². The van der Waals surface area contributed by atoms with E-state index in [0.717, 1.165) is 5.56 Å². The van der Waals surface area contributed by atoms with Crippen LogP contribution in [-0.4, -0.2) is 20.9 Å². The molecule has 0 radical (unpaired) electrons. The maximum atomic E-state index is 12.7. The zero-order chi connectivity index (χ0) is 19.8. The normalized spacial score (nSPS) is 14.8. The number of nitrogens with zero attached hydrogens (tertiary/aromatic N) is 1. The lowest BCUT2D eigenvalue weighted by Crippen LogP contribution is -2.26. The molecule has 2 aromatic carbocycles. The number of amides is 1. The van der Waals surface area contributed by atoms with Gasteiger partial charge in [-0.2, -0.15) is 5.26 Å². The maximum Gasteiger partial charge on any atom is 0.261 e. The van der Waals surface area contributed by atoms with Crippen molar-refractivity contribution >= 4 is 27.3 Å². The molecule has 1 heterocycles. The molecule has 1 aliphatic heterocycles. The number of nitriles is 1. The third-order valence-corrected chi connectivity index (χ3v) is 5.82. The Balaban J connectivity index is 1.94. The number of fused-ring (bicyclic) bond motifs is 1. The van der Waals surface area contributed by atoms with Crippen LogP contribution in [0.3, 0.4) is 0 Å². The van der Waals surface area contributed by atoms with Gasteiger partial charge < -0.3 is 10.1 Å². The molecule has 0 aromatic heterocycles. The quantitative estimate of drug-likeness (QED) is 0.822. The molecule has 3 rings (SSSR count). The van der Waals surface area contributed by atoms with E-state index in [1.54, 1.807) is 39.0 Å². The van der Waals surface area contributed by atoms with Crippen LogP contribution in [0.4, 0.5) is 11.4 Å². The van der Waals surface area contributed by atoms with E-state index in [1.807, 2.05) is 6.07 Å². The van der Waals surface area contributed by atoms with Crippen molar-refractivity contribution in [3.05, 3.63) is 47.5 Å². The van der Waals surface area contributed by atoms with Gasteiger partial charge in [0.2, 0.25) is 5.91 Å². The van der Waals surface area contributed by atoms with Gasteiger partial charge in [0, 0.05) is 11.4 Å². The number of sulfonamides is 1. The predicted octanol–water partition coefficient (Wildman–Crippen LogP) is 2.99. The SMILES string of the molecule is CCOc1ccc(S(=O)(=O)Nc2ccc3c(c2)C(C)(C)C(=O)N3)cc1C#N. The summed E-state index contributed by atoms with van der Waals surface area (Å²) in [5.41, 5.74) is 1.12. The molecule has 140 valence electrons. The topological polar surface area (TPSA) is 108 Å². The second-order valence-corrected chi connectivity index (χ2v) is 8.33. The summed E-state index contributed by atoms with van der Waals surface area (Å²) in [5.74, 6) is 0.200. The van der Waals surface area contributed by atoms with Crippen LogP contribution in [0.15, 0.2) is 41.3 Å². The Bertz CT molecular complexity index is 1070. The van der Waals surface area contributed by atoms with Crippen LogP contribution in [-0.2, 0) is 20.2 Å². The van der Waals surface area contributed by atoms with Crippen molar-refractivity contribution < 1.29 is 17.9 Å². The summed E-state index contributed by atoms with van der Waals surface area (Å²) in [6, 6.07) is 11.0. The number of carbonyl (C=O) groups excluding carboxylic acids is 1. The number of ether oxygens (including phenoxy) is 1. The molecule has 0 saturated heterocycles. The van der Waals surface area contributed by atoms with Crippen LogP contribution < -0.4 is 14.8 Å². The highest BCUT2D eigenvalue weighted by Crippen LogP contribution is 2.39. The molecule has 0 aliphatic carbocycles. The second kappa shape index (κ2) is 6.59. The molecule has 1 amide bonds. The average Bonchev–Trinajstić information content (AvgIpc) is 2.84. The third kappa shape index (κ3) is 3.34. The number of benzene rings is 2. The number of nitrogens with one attached hydrogen (secondary N) is 2. The fraction of sp³-hybridized carbons (Fsp3) is 0.263. The summed E-state index contributed by atoms with van der Waals surface area (Å²) in [5, 5.41) is 12.0. The number of carbonyl (C=O) groups is 1. The molecule has 2 aromatic rings. The van der Waals surface area contributed by atoms with Crippen molar-refractivity contribution in [1.29, 1.82) is 5.26 Å². The van der Waals surface area contributed by atoms with E-state index in [1.165, 1.54) is 18.2 Å². The smallest absolute Gasteiger partial charge is 0.261 e. The first-order chi connectivity index (χ1) is 12.7. The summed E-state index contributed by atoms with van der Waals surface area (Å²) in [7, 11) is -3.91. The average molecular weight is 385 g/mol. The molecule has 0 bridgehead atoms. The van der Waals surface area contributed by atoms with Gasteiger partial charge >= 0.3 is 0 Å². The fourth-order valence-corrected chi connectivity index (χ4v) is 3.97. The Kier molecular flexibility index (Phi) is 4.57. The lowest BCUT2D eigenvalue weighted by molar-refractivity contribution is -0.119. The molecule has 0 unspecified atom stereocenters. The van der Waals surface area contributed by atoms with Gasteiger partial charge in [0.25, 0.3) is 10.0 Å². The Morgan fingerprint density at radius 1 is 1.22 bits per heavy atom. The molecular formula is C19H19N3O4S. The first-order valence-electron chi connectivity index (χ1n) is 8.35. The van der Waals surface area contributed by atoms with E-state index in [-0.39, 0.29) is 16.4 Å². The summed E-state index contributed by atoms with van der Waals surface area (Å²) in [6.07, 6.45) is 0. The van der Waals surface area contributed by atoms with E-state index in [9.17, 15) is 18.5 Å². The Hall–Kier alpha value is -3.05. The number of hydrogen-bond acceptors (Lipinski definition) is 5. The molecule has 2 N–H and O–H groups in total. The Morgan fingerprint density at radius 2 is 1.96 bits per heavy atom. The van der Waals surface area contributed by atoms with Crippen molar-refractivity contribution in [1.82, 2.24) is 0 Å². The van der Waals surface area contributed by atoms with Gasteiger partial charge in [0.05, 0.1) is 22.5 Å². The second-order valence-electron chi connectivity index (χ2n) is 6.65. The highest BCUT2D eigenvalue weighted by Gasteiger charge is 2.38. The summed E-state index contributed by atoms with van der Waals surface area (Å²) >= 11 is 0. The summed E-state index contributed by atoms with van der Waals surface area (Å²) in [6.45, 7) is 5.70. The van der Waals surface area contributed by atoms with Crippen LogP contribution in [0.1, 0.15) is 31.9 Å². The molecule has 0 saturated carbocycles. The van der Waals surface area contributed by atoms with Crippen molar-refractivity contribution in [3.8, 4) is 11.8 Å². The van der Waals surface area contributed by atoms with Gasteiger partial charge in [0.15, 0.2) is 0 Å². The van der Waals surface area contributed by atoms with E-state index in [2.05, 4.69) is 10.0 Å². The molecule has 0 spiro atoms. The van der Waals surface area contributed by atoms with Gasteiger partial charge in [-0.25, -0.2) is 8.42 Å². The standard InChI is InChI=1S/C19H19N3O4S/c1-4-26-17-8-6-14(9-12(17)11-20)27(24,25)22-13-5-7-16-15(10-13)19(2,3)18(23)21-16/h5-10,22H,4H2,1-3H3,(H,21,23). The molecule has 7 nitrogen and oxygen atoms in total. The lowest BCUT2D eigenvalue weighted by Gasteiger charge is -2.16. The van der Waals surface area contributed by atoms with E-state index < -0.39 is 15.4 Å². The van der Waals surface area contributed by atoms with Crippen molar-refractivity contribution in [3.63, 3.8) is 0 Å². The Labute approximate surface area is 158 Å². The maximum absolute atomic E-state index is 12.7. The fourth-order valence-electron chi connectivity index (χ4n) is 2.89. The van der Waals surface area contributed by atoms with Crippen LogP contribution in [0.25, 0.3) is 0 Å². The lowest BCUT2D eigenvalue weighted by atomic mass is 9.86. The van der Waals surface area contributed by atoms with Crippen LogP contribution in [0.2, 0.25) is 0 Å². The van der Waals surface area contributed by atoms with Gasteiger partial charge in [-0.15, -0.1) is 0 Å².